The number of hydrogen-bond donors (Lipinski definition) is 1. The van der Waals surface area contributed by atoms with Gasteiger partial charge in [0.2, 0.25) is 0 Å². The molecule has 0 amide bonds. The van der Waals surface area contributed by atoms with Gasteiger partial charge in [-0.2, -0.15) is 0 Å². The molecule has 0 aliphatic carbocycles. The lowest BCUT2D eigenvalue weighted by atomic mass is 10.2. The summed E-state index contributed by atoms with van der Waals surface area (Å²) in [5, 5.41) is 4.75. The molecule has 2 saturated heterocycles. The van der Waals surface area contributed by atoms with Crippen LogP contribution in [0.4, 0.5) is 5.13 Å². The van der Waals surface area contributed by atoms with Crippen LogP contribution in [0.15, 0.2) is 0 Å². The second-order valence-corrected chi connectivity index (χ2v) is 7.38. The van der Waals surface area contributed by atoms with Crippen LogP contribution in [0.25, 0.3) is 0 Å². The second-order valence-electron chi connectivity index (χ2n) is 6.31. The summed E-state index contributed by atoms with van der Waals surface area (Å²) in [5.74, 6) is 0. The van der Waals surface area contributed by atoms with E-state index in [2.05, 4.69) is 29.0 Å². The van der Waals surface area contributed by atoms with Gasteiger partial charge in [0.1, 0.15) is 0 Å². The van der Waals surface area contributed by atoms with Gasteiger partial charge in [0, 0.05) is 37.1 Å². The highest BCUT2D eigenvalue weighted by Gasteiger charge is 2.29. The molecule has 1 N–H and O–H groups in total. The van der Waals surface area contributed by atoms with Crippen LogP contribution in [0.3, 0.4) is 0 Å². The van der Waals surface area contributed by atoms with Crippen LogP contribution in [0.2, 0.25) is 0 Å². The van der Waals surface area contributed by atoms with E-state index in [1.165, 1.54) is 67.6 Å². The predicted molar refractivity (Wildman–Crippen MR) is 90.3 cm³/mol. The molecule has 2 fully saturated rings. The molecule has 4 nitrogen and oxygen atoms in total. The van der Waals surface area contributed by atoms with Crippen LogP contribution in [0.1, 0.15) is 43.2 Å². The van der Waals surface area contributed by atoms with E-state index < -0.39 is 0 Å². The van der Waals surface area contributed by atoms with Gasteiger partial charge in [-0.3, -0.25) is 4.90 Å². The van der Waals surface area contributed by atoms with Crippen molar-refractivity contribution in [3.63, 3.8) is 0 Å². The van der Waals surface area contributed by atoms with E-state index in [9.17, 15) is 0 Å². The van der Waals surface area contributed by atoms with Gasteiger partial charge >= 0.3 is 0 Å². The fourth-order valence-electron chi connectivity index (χ4n) is 3.47. The Morgan fingerprint density at radius 1 is 1.29 bits per heavy atom. The maximum atomic E-state index is 4.85. The summed E-state index contributed by atoms with van der Waals surface area (Å²) >= 11 is 1.89. The van der Waals surface area contributed by atoms with Crippen LogP contribution >= 0.6 is 11.3 Å². The highest BCUT2D eigenvalue weighted by Crippen LogP contribution is 2.29. The van der Waals surface area contributed by atoms with E-state index in [1.807, 2.05) is 11.3 Å². The Hall–Kier alpha value is -0.650. The molecule has 1 aromatic heterocycles. The van der Waals surface area contributed by atoms with E-state index in [4.69, 9.17) is 4.98 Å². The van der Waals surface area contributed by atoms with Crippen molar-refractivity contribution in [2.75, 3.05) is 37.6 Å². The highest BCUT2D eigenvalue weighted by molar-refractivity contribution is 7.15. The van der Waals surface area contributed by atoms with Gasteiger partial charge in [-0.25, -0.2) is 4.98 Å². The monoisotopic (exact) mass is 308 g/mol. The normalized spacial score (nSPS) is 23.3. The van der Waals surface area contributed by atoms with Crippen LogP contribution in [0.5, 0.6) is 0 Å². The predicted octanol–water partition coefficient (Wildman–Crippen LogP) is 2.63. The highest BCUT2D eigenvalue weighted by atomic mass is 32.1. The number of anilines is 1. The minimum absolute atomic E-state index is 0.762. The maximum absolute atomic E-state index is 4.85. The standard InChI is InChI=1S/C16H28N4S/c1-3-7-17-11-15-13(2)18-16(21-15)20-10-5-9-19-8-4-6-14(19)12-20/h14,17H,3-12H2,1-2H3. The van der Waals surface area contributed by atoms with Crippen molar-refractivity contribution in [3.8, 4) is 0 Å². The van der Waals surface area contributed by atoms with Crippen molar-refractivity contribution < 1.29 is 0 Å². The Kier molecular flexibility index (Phi) is 5.14. The molecular formula is C16H28N4S. The molecule has 0 spiro atoms. The average Bonchev–Trinajstić information content (AvgIpc) is 3.01. The zero-order chi connectivity index (χ0) is 14.7. The van der Waals surface area contributed by atoms with Crippen LogP contribution in [-0.4, -0.2) is 48.6 Å². The summed E-state index contributed by atoms with van der Waals surface area (Å²) < 4.78 is 0. The Morgan fingerprint density at radius 2 is 2.14 bits per heavy atom. The van der Waals surface area contributed by atoms with Crippen LogP contribution in [0, 0.1) is 6.92 Å². The summed E-state index contributed by atoms with van der Waals surface area (Å²) in [6, 6.07) is 0.762. The van der Waals surface area contributed by atoms with Crippen molar-refractivity contribution in [3.05, 3.63) is 10.6 Å². The zero-order valence-electron chi connectivity index (χ0n) is 13.4. The first-order chi connectivity index (χ1) is 10.3. The van der Waals surface area contributed by atoms with Crippen molar-refractivity contribution in [1.29, 1.82) is 0 Å². The topological polar surface area (TPSA) is 31.4 Å². The number of nitrogens with one attached hydrogen (secondary N) is 1. The van der Waals surface area contributed by atoms with E-state index in [0.29, 0.717) is 0 Å². The Labute approximate surface area is 132 Å². The fourth-order valence-corrected chi connectivity index (χ4v) is 4.54. The molecule has 2 aliphatic rings. The minimum Gasteiger partial charge on any atom is -0.346 e. The molecule has 1 unspecified atom stereocenters. The number of thiazole rings is 1. The molecule has 21 heavy (non-hydrogen) atoms. The number of rotatable bonds is 5. The lowest BCUT2D eigenvalue weighted by Gasteiger charge is -2.25. The third-order valence-corrected chi connectivity index (χ3v) is 5.89. The number of hydrogen-bond acceptors (Lipinski definition) is 5. The van der Waals surface area contributed by atoms with Crippen LogP contribution in [-0.2, 0) is 6.54 Å². The molecule has 0 saturated carbocycles. The third-order valence-electron chi connectivity index (χ3n) is 4.67. The van der Waals surface area contributed by atoms with E-state index in [-0.39, 0.29) is 0 Å². The second kappa shape index (κ2) is 7.07. The van der Waals surface area contributed by atoms with E-state index in [1.54, 1.807) is 0 Å². The van der Waals surface area contributed by atoms with Gasteiger partial charge in [-0.1, -0.05) is 6.92 Å². The van der Waals surface area contributed by atoms with Gasteiger partial charge in [-0.05, 0) is 45.7 Å². The van der Waals surface area contributed by atoms with Crippen molar-refractivity contribution in [1.82, 2.24) is 15.2 Å². The largest absolute Gasteiger partial charge is 0.346 e. The Morgan fingerprint density at radius 3 is 3.00 bits per heavy atom. The van der Waals surface area contributed by atoms with E-state index in [0.717, 1.165) is 19.1 Å². The van der Waals surface area contributed by atoms with Gasteiger partial charge < -0.3 is 10.2 Å². The SMILES string of the molecule is CCCNCc1sc(N2CCCN3CCCC3C2)nc1C. The van der Waals surface area contributed by atoms with Gasteiger partial charge in [0.15, 0.2) is 5.13 Å². The summed E-state index contributed by atoms with van der Waals surface area (Å²) in [7, 11) is 0. The molecule has 3 heterocycles. The summed E-state index contributed by atoms with van der Waals surface area (Å²) in [4.78, 5) is 11.5. The van der Waals surface area contributed by atoms with Crippen molar-refractivity contribution >= 4 is 16.5 Å². The van der Waals surface area contributed by atoms with Crippen molar-refractivity contribution in [2.24, 2.45) is 0 Å². The number of nitrogens with zero attached hydrogens (tertiary/aromatic N) is 3. The van der Waals surface area contributed by atoms with E-state index >= 15 is 0 Å². The smallest absolute Gasteiger partial charge is 0.185 e. The molecule has 0 bridgehead atoms. The summed E-state index contributed by atoms with van der Waals surface area (Å²) in [5.41, 5.74) is 1.21. The molecule has 1 atom stereocenters. The minimum atomic E-state index is 0.762. The molecule has 1 aromatic rings. The average molecular weight is 308 g/mol. The lowest BCUT2D eigenvalue weighted by Crippen LogP contribution is -2.36. The number of aryl methyl sites for hydroxylation is 1. The third kappa shape index (κ3) is 3.58. The Bertz CT molecular complexity index is 459. The van der Waals surface area contributed by atoms with Crippen molar-refractivity contribution in [2.45, 2.75) is 52.1 Å². The fraction of sp³-hybridized carbons (Fsp3) is 0.812. The molecule has 0 radical (unpaired) electrons. The van der Waals surface area contributed by atoms with Crippen LogP contribution < -0.4 is 10.2 Å². The Balaban J connectivity index is 1.66. The molecular weight excluding hydrogens is 280 g/mol. The summed E-state index contributed by atoms with van der Waals surface area (Å²) in [6.07, 6.45) is 5.21. The van der Waals surface area contributed by atoms with Gasteiger partial charge in [0.25, 0.3) is 0 Å². The maximum Gasteiger partial charge on any atom is 0.185 e. The first-order valence-electron chi connectivity index (χ1n) is 8.44. The quantitative estimate of drug-likeness (QED) is 0.847. The molecule has 2 aliphatic heterocycles. The molecule has 118 valence electrons. The van der Waals surface area contributed by atoms with Gasteiger partial charge in [-0.15, -0.1) is 11.3 Å². The van der Waals surface area contributed by atoms with Gasteiger partial charge in [0.05, 0.1) is 5.69 Å². The lowest BCUT2D eigenvalue weighted by molar-refractivity contribution is 0.273. The number of fused-ring (bicyclic) bond motifs is 1. The zero-order valence-corrected chi connectivity index (χ0v) is 14.2. The molecule has 3 rings (SSSR count). The first kappa shape index (κ1) is 15.3. The number of aromatic nitrogens is 1. The molecule has 0 aromatic carbocycles. The summed E-state index contributed by atoms with van der Waals surface area (Å²) in [6.45, 7) is 11.4. The molecule has 5 heteroatoms. The first-order valence-corrected chi connectivity index (χ1v) is 9.25.